The average molecular weight is 350 g/mol. The van der Waals surface area contributed by atoms with E-state index in [1.54, 1.807) is 31.4 Å². The van der Waals surface area contributed by atoms with Crippen LogP contribution in [0.25, 0.3) is 0 Å². The van der Waals surface area contributed by atoms with Gasteiger partial charge in [-0.15, -0.1) is 0 Å². The molecule has 1 aromatic carbocycles. The van der Waals surface area contributed by atoms with Crippen LogP contribution in [0.4, 0.5) is 0 Å². The van der Waals surface area contributed by atoms with Gasteiger partial charge in [-0.1, -0.05) is 30.2 Å². The maximum absolute atomic E-state index is 13.0. The van der Waals surface area contributed by atoms with E-state index in [1.165, 1.54) is 0 Å². The van der Waals surface area contributed by atoms with Crippen molar-refractivity contribution in [2.24, 2.45) is 11.3 Å². The van der Waals surface area contributed by atoms with E-state index in [9.17, 15) is 9.59 Å². The fourth-order valence-corrected chi connectivity index (χ4v) is 4.08. The second-order valence-corrected chi connectivity index (χ2v) is 7.47. The van der Waals surface area contributed by atoms with Crippen LogP contribution in [0.1, 0.15) is 42.5 Å². The summed E-state index contributed by atoms with van der Waals surface area (Å²) in [5.41, 5.74) is 0.285. The number of ether oxygens (including phenoxy) is 1. The molecule has 130 valence electrons. The van der Waals surface area contributed by atoms with E-state index < -0.39 is 0 Å². The first-order valence-electron chi connectivity index (χ1n) is 8.64. The van der Waals surface area contributed by atoms with Crippen molar-refractivity contribution in [1.29, 1.82) is 0 Å². The summed E-state index contributed by atoms with van der Waals surface area (Å²) in [6, 6.07) is 7.07. The number of carbonyl (C=O) groups excluding carboxylic acids is 2. The number of benzene rings is 1. The molecule has 24 heavy (non-hydrogen) atoms. The second-order valence-electron chi connectivity index (χ2n) is 7.03. The number of rotatable bonds is 5. The predicted molar refractivity (Wildman–Crippen MR) is 93.2 cm³/mol. The summed E-state index contributed by atoms with van der Waals surface area (Å²) in [6.45, 7) is 1.73. The standard InChI is InChI=1S/C19H24ClNO3/c1-24-13-19(8-4-9-19)18(23)21-10-3-6-15(12-21)17(22)14-5-2-7-16(20)11-14/h2,5,7,11,15H,3-4,6,8-10,12-13H2,1H3/t15-/m0/s1. The molecule has 0 radical (unpaired) electrons. The lowest BCUT2D eigenvalue weighted by molar-refractivity contribution is -0.153. The zero-order valence-corrected chi connectivity index (χ0v) is 14.8. The number of piperidine rings is 1. The first-order valence-corrected chi connectivity index (χ1v) is 9.02. The maximum atomic E-state index is 13.0. The van der Waals surface area contributed by atoms with Gasteiger partial charge in [0.15, 0.2) is 5.78 Å². The number of Topliss-reactive ketones (excluding diaryl/α,β-unsaturated/α-hetero) is 1. The van der Waals surface area contributed by atoms with Gasteiger partial charge in [-0.25, -0.2) is 0 Å². The summed E-state index contributed by atoms with van der Waals surface area (Å²) in [7, 11) is 1.65. The molecule has 1 aliphatic carbocycles. The van der Waals surface area contributed by atoms with Crippen molar-refractivity contribution in [2.75, 3.05) is 26.8 Å². The first kappa shape index (κ1) is 17.4. The van der Waals surface area contributed by atoms with E-state index in [2.05, 4.69) is 0 Å². The Bertz CT molecular complexity index is 627. The largest absolute Gasteiger partial charge is 0.384 e. The summed E-state index contributed by atoms with van der Waals surface area (Å²) in [5.74, 6) is 0.115. The van der Waals surface area contributed by atoms with Crippen molar-refractivity contribution in [3.63, 3.8) is 0 Å². The van der Waals surface area contributed by atoms with Crippen LogP contribution in [0.5, 0.6) is 0 Å². The highest BCUT2D eigenvalue weighted by Crippen LogP contribution is 2.43. The van der Waals surface area contributed by atoms with Gasteiger partial charge < -0.3 is 9.64 Å². The van der Waals surface area contributed by atoms with Crippen molar-refractivity contribution in [3.8, 4) is 0 Å². The Hall–Kier alpha value is -1.39. The zero-order chi connectivity index (χ0) is 17.2. The van der Waals surface area contributed by atoms with E-state index >= 15 is 0 Å². The van der Waals surface area contributed by atoms with Gasteiger partial charge in [-0.3, -0.25) is 9.59 Å². The van der Waals surface area contributed by atoms with Crippen LogP contribution in [0.2, 0.25) is 5.02 Å². The van der Waals surface area contributed by atoms with E-state index in [1.807, 2.05) is 4.90 Å². The van der Waals surface area contributed by atoms with Gasteiger partial charge in [0.1, 0.15) is 0 Å². The molecule has 0 unspecified atom stereocenters. The summed E-state index contributed by atoms with van der Waals surface area (Å²) in [4.78, 5) is 27.6. The number of methoxy groups -OCH3 is 1. The lowest BCUT2D eigenvalue weighted by atomic mass is 9.68. The normalized spacial score (nSPS) is 22.8. The fraction of sp³-hybridized carbons (Fsp3) is 0.579. The van der Waals surface area contributed by atoms with Gasteiger partial charge in [-0.2, -0.15) is 0 Å². The molecule has 0 spiro atoms. The molecule has 1 aliphatic heterocycles. The van der Waals surface area contributed by atoms with Crippen LogP contribution >= 0.6 is 11.6 Å². The summed E-state index contributed by atoms with van der Waals surface area (Å²) in [6.07, 6.45) is 4.55. The molecule has 0 N–H and O–H groups in total. The highest BCUT2D eigenvalue weighted by atomic mass is 35.5. The Morgan fingerprint density at radius 1 is 1.33 bits per heavy atom. The third-order valence-electron chi connectivity index (χ3n) is 5.37. The summed E-state index contributed by atoms with van der Waals surface area (Å²) >= 11 is 6.00. The lowest BCUT2D eigenvalue weighted by Crippen LogP contribution is -2.53. The molecule has 0 bridgehead atoms. The molecule has 4 nitrogen and oxygen atoms in total. The van der Waals surface area contributed by atoms with Crippen LogP contribution < -0.4 is 0 Å². The smallest absolute Gasteiger partial charge is 0.231 e. The van der Waals surface area contributed by atoms with Gasteiger partial charge in [0.2, 0.25) is 5.91 Å². The zero-order valence-electron chi connectivity index (χ0n) is 14.1. The quantitative estimate of drug-likeness (QED) is 0.763. The Morgan fingerprint density at radius 3 is 2.75 bits per heavy atom. The Labute approximate surface area is 148 Å². The lowest BCUT2D eigenvalue weighted by Gasteiger charge is -2.45. The minimum Gasteiger partial charge on any atom is -0.384 e. The Morgan fingerprint density at radius 2 is 2.12 bits per heavy atom. The molecule has 1 atom stereocenters. The van der Waals surface area contributed by atoms with Crippen molar-refractivity contribution in [2.45, 2.75) is 32.1 Å². The second kappa shape index (κ2) is 7.24. The fourth-order valence-electron chi connectivity index (χ4n) is 3.89. The third kappa shape index (κ3) is 3.35. The molecular formula is C19H24ClNO3. The number of amides is 1. The molecule has 1 heterocycles. The van der Waals surface area contributed by atoms with Gasteiger partial charge >= 0.3 is 0 Å². The first-order chi connectivity index (χ1) is 11.6. The number of ketones is 1. The van der Waals surface area contributed by atoms with Gasteiger partial charge in [0.05, 0.1) is 12.0 Å². The van der Waals surface area contributed by atoms with Crippen LogP contribution in [-0.4, -0.2) is 43.4 Å². The van der Waals surface area contributed by atoms with Crippen LogP contribution in [0.15, 0.2) is 24.3 Å². The van der Waals surface area contributed by atoms with E-state index in [-0.39, 0.29) is 23.0 Å². The number of halogens is 1. The summed E-state index contributed by atoms with van der Waals surface area (Å²) < 4.78 is 5.29. The van der Waals surface area contributed by atoms with Gasteiger partial charge in [-0.05, 0) is 37.8 Å². The minimum atomic E-state index is -0.351. The molecule has 3 rings (SSSR count). The van der Waals surface area contributed by atoms with E-state index in [0.717, 1.165) is 38.6 Å². The monoisotopic (exact) mass is 349 g/mol. The molecule has 1 amide bonds. The minimum absolute atomic E-state index is 0.0874. The molecule has 2 fully saturated rings. The van der Waals surface area contributed by atoms with Crippen molar-refractivity contribution in [1.82, 2.24) is 4.90 Å². The molecule has 5 heteroatoms. The third-order valence-corrected chi connectivity index (χ3v) is 5.61. The molecule has 2 aliphatic rings. The number of hydrogen-bond acceptors (Lipinski definition) is 3. The maximum Gasteiger partial charge on any atom is 0.231 e. The highest BCUT2D eigenvalue weighted by Gasteiger charge is 2.47. The number of likely N-dealkylation sites (tertiary alicyclic amines) is 1. The van der Waals surface area contributed by atoms with Gasteiger partial charge in [0, 0.05) is 36.7 Å². The van der Waals surface area contributed by atoms with Crippen molar-refractivity contribution < 1.29 is 14.3 Å². The highest BCUT2D eigenvalue weighted by molar-refractivity contribution is 6.31. The van der Waals surface area contributed by atoms with Crippen molar-refractivity contribution >= 4 is 23.3 Å². The number of carbonyl (C=O) groups is 2. The Balaban J connectivity index is 1.70. The van der Waals surface area contributed by atoms with Gasteiger partial charge in [0.25, 0.3) is 0 Å². The molecule has 0 aromatic heterocycles. The van der Waals surface area contributed by atoms with E-state index in [4.69, 9.17) is 16.3 Å². The number of nitrogens with zero attached hydrogens (tertiary/aromatic N) is 1. The molecular weight excluding hydrogens is 326 g/mol. The molecule has 1 saturated carbocycles. The molecule has 1 aromatic rings. The van der Waals surface area contributed by atoms with Crippen LogP contribution in [0.3, 0.4) is 0 Å². The molecule has 1 saturated heterocycles. The SMILES string of the molecule is COCC1(C(=O)N2CCC[C@H](C(=O)c3cccc(Cl)c3)C2)CCC1. The topological polar surface area (TPSA) is 46.6 Å². The van der Waals surface area contributed by atoms with Crippen LogP contribution in [0, 0.1) is 11.3 Å². The number of hydrogen-bond donors (Lipinski definition) is 0. The average Bonchev–Trinajstić information content (AvgIpc) is 2.57. The summed E-state index contributed by atoms with van der Waals surface area (Å²) in [5, 5.41) is 0.568. The predicted octanol–water partition coefficient (Wildman–Crippen LogP) is 3.58. The van der Waals surface area contributed by atoms with Crippen molar-refractivity contribution in [3.05, 3.63) is 34.9 Å². The Kier molecular flexibility index (Phi) is 5.26. The van der Waals surface area contributed by atoms with E-state index in [0.29, 0.717) is 23.7 Å². The van der Waals surface area contributed by atoms with Crippen LogP contribution in [-0.2, 0) is 9.53 Å².